The van der Waals surface area contributed by atoms with E-state index in [1.165, 1.54) is 0 Å². The quantitative estimate of drug-likeness (QED) is 0.915. The van der Waals surface area contributed by atoms with E-state index >= 15 is 0 Å². The lowest BCUT2D eigenvalue weighted by molar-refractivity contribution is -0.121. The number of amides is 1. The second-order valence-corrected chi connectivity index (χ2v) is 5.81. The van der Waals surface area contributed by atoms with Crippen LogP contribution >= 0.6 is 15.9 Å². The van der Waals surface area contributed by atoms with E-state index in [4.69, 9.17) is 0 Å². The van der Waals surface area contributed by atoms with E-state index in [1.54, 1.807) is 0 Å². The van der Waals surface area contributed by atoms with Crippen LogP contribution in [0.5, 0.6) is 0 Å². The third-order valence-corrected chi connectivity index (χ3v) is 4.04. The van der Waals surface area contributed by atoms with Gasteiger partial charge < -0.3 is 10.2 Å². The number of likely N-dealkylation sites (N-methyl/N-ethyl adjacent to an activating group) is 1. The Labute approximate surface area is 122 Å². The molecule has 1 amide bonds. The molecule has 5 heteroatoms. The van der Waals surface area contributed by atoms with Gasteiger partial charge in [-0.1, -0.05) is 15.9 Å². The first-order chi connectivity index (χ1) is 9.11. The van der Waals surface area contributed by atoms with Gasteiger partial charge in [0.1, 0.15) is 0 Å². The Hall–Kier alpha value is -0.910. The standard InChI is InChI=1S/C14H20BrN3O/c1-11(9-16-2)17-7-8-18(14(19)10-17)13-5-3-12(15)4-6-13/h3-6,11,16H,7-10H2,1-2H3. The van der Waals surface area contributed by atoms with Gasteiger partial charge >= 0.3 is 0 Å². The van der Waals surface area contributed by atoms with Crippen molar-refractivity contribution >= 4 is 27.5 Å². The zero-order valence-corrected chi connectivity index (χ0v) is 13.0. The maximum absolute atomic E-state index is 12.3. The van der Waals surface area contributed by atoms with Crippen LogP contribution in [0, 0.1) is 0 Å². The number of hydrogen-bond acceptors (Lipinski definition) is 3. The van der Waals surface area contributed by atoms with Crippen LogP contribution < -0.4 is 10.2 Å². The fourth-order valence-electron chi connectivity index (χ4n) is 2.39. The van der Waals surface area contributed by atoms with Crippen LogP contribution in [0.25, 0.3) is 0 Å². The third-order valence-electron chi connectivity index (χ3n) is 3.51. The van der Waals surface area contributed by atoms with Gasteiger partial charge in [-0.05, 0) is 38.2 Å². The third kappa shape index (κ3) is 3.55. The molecule has 0 spiro atoms. The summed E-state index contributed by atoms with van der Waals surface area (Å²) in [5.41, 5.74) is 0.981. The van der Waals surface area contributed by atoms with Gasteiger partial charge in [0.05, 0.1) is 6.54 Å². The van der Waals surface area contributed by atoms with E-state index < -0.39 is 0 Å². The number of piperazine rings is 1. The van der Waals surface area contributed by atoms with Crippen molar-refractivity contribution < 1.29 is 4.79 Å². The number of hydrogen-bond donors (Lipinski definition) is 1. The lowest BCUT2D eigenvalue weighted by Gasteiger charge is -2.37. The monoisotopic (exact) mass is 325 g/mol. The minimum absolute atomic E-state index is 0.177. The first-order valence-corrected chi connectivity index (χ1v) is 7.35. The van der Waals surface area contributed by atoms with E-state index in [9.17, 15) is 4.79 Å². The molecule has 104 valence electrons. The van der Waals surface area contributed by atoms with Crippen LogP contribution in [0.2, 0.25) is 0 Å². The molecule has 1 aliphatic rings. The van der Waals surface area contributed by atoms with E-state index in [1.807, 2.05) is 36.2 Å². The Morgan fingerprint density at radius 2 is 2.00 bits per heavy atom. The molecule has 1 atom stereocenters. The molecule has 1 N–H and O–H groups in total. The van der Waals surface area contributed by atoms with Gasteiger partial charge in [0.2, 0.25) is 5.91 Å². The van der Waals surface area contributed by atoms with Gasteiger partial charge in [-0.2, -0.15) is 0 Å². The van der Waals surface area contributed by atoms with Gasteiger partial charge in [0, 0.05) is 35.8 Å². The molecule has 0 saturated carbocycles. The summed E-state index contributed by atoms with van der Waals surface area (Å²) in [5, 5.41) is 3.16. The highest BCUT2D eigenvalue weighted by atomic mass is 79.9. The van der Waals surface area contributed by atoms with Crippen molar-refractivity contribution in [2.45, 2.75) is 13.0 Å². The second kappa shape index (κ2) is 6.50. The molecule has 0 aliphatic carbocycles. The minimum Gasteiger partial charge on any atom is -0.318 e. The van der Waals surface area contributed by atoms with Crippen LogP contribution in [-0.4, -0.2) is 50.1 Å². The number of anilines is 1. The lowest BCUT2D eigenvalue weighted by Crippen LogP contribution is -2.54. The Bertz CT molecular complexity index is 435. The summed E-state index contributed by atoms with van der Waals surface area (Å²) < 4.78 is 1.03. The Morgan fingerprint density at radius 3 is 2.58 bits per heavy atom. The largest absolute Gasteiger partial charge is 0.318 e. The molecule has 4 nitrogen and oxygen atoms in total. The molecule has 19 heavy (non-hydrogen) atoms. The molecule has 0 radical (unpaired) electrons. The highest BCUT2D eigenvalue weighted by Gasteiger charge is 2.27. The molecule has 1 aromatic rings. The Balaban J connectivity index is 2.01. The van der Waals surface area contributed by atoms with Crippen LogP contribution in [0.15, 0.2) is 28.7 Å². The maximum atomic E-state index is 12.3. The first kappa shape index (κ1) is 14.5. The number of nitrogens with one attached hydrogen (secondary N) is 1. The van der Waals surface area contributed by atoms with Crippen LogP contribution in [0.3, 0.4) is 0 Å². The number of benzene rings is 1. The highest BCUT2D eigenvalue weighted by Crippen LogP contribution is 2.20. The first-order valence-electron chi connectivity index (χ1n) is 6.56. The summed E-state index contributed by atoms with van der Waals surface area (Å²) in [4.78, 5) is 16.4. The van der Waals surface area contributed by atoms with Crippen molar-refractivity contribution in [1.29, 1.82) is 0 Å². The normalized spacial score (nSPS) is 18.7. The smallest absolute Gasteiger partial charge is 0.241 e. The Kier molecular flexibility index (Phi) is 4.96. The molecule has 1 unspecified atom stereocenters. The maximum Gasteiger partial charge on any atom is 0.241 e. The van der Waals surface area contributed by atoms with Crippen molar-refractivity contribution in [3.05, 3.63) is 28.7 Å². The zero-order chi connectivity index (χ0) is 13.8. The second-order valence-electron chi connectivity index (χ2n) is 4.90. The molecular formula is C14H20BrN3O. The Morgan fingerprint density at radius 1 is 1.32 bits per heavy atom. The van der Waals surface area contributed by atoms with Crippen molar-refractivity contribution in [3.63, 3.8) is 0 Å². The molecule has 1 aliphatic heterocycles. The number of nitrogens with zero attached hydrogens (tertiary/aromatic N) is 2. The summed E-state index contributed by atoms with van der Waals surface area (Å²) in [6.07, 6.45) is 0. The van der Waals surface area contributed by atoms with Gasteiger partial charge in [0.15, 0.2) is 0 Å². The molecule has 0 bridgehead atoms. The molecular weight excluding hydrogens is 306 g/mol. The fraction of sp³-hybridized carbons (Fsp3) is 0.500. The number of rotatable bonds is 4. The van der Waals surface area contributed by atoms with Gasteiger partial charge in [-0.15, -0.1) is 0 Å². The average molecular weight is 326 g/mol. The zero-order valence-electron chi connectivity index (χ0n) is 11.4. The number of halogens is 1. The summed E-state index contributed by atoms with van der Waals surface area (Å²) in [7, 11) is 1.94. The van der Waals surface area contributed by atoms with Crippen LogP contribution in [-0.2, 0) is 4.79 Å². The van der Waals surface area contributed by atoms with E-state index in [-0.39, 0.29) is 5.91 Å². The molecule has 1 aromatic carbocycles. The van der Waals surface area contributed by atoms with Gasteiger partial charge in [-0.25, -0.2) is 0 Å². The summed E-state index contributed by atoms with van der Waals surface area (Å²) in [5.74, 6) is 0.177. The van der Waals surface area contributed by atoms with Crippen LogP contribution in [0.1, 0.15) is 6.92 Å². The summed E-state index contributed by atoms with van der Waals surface area (Å²) in [6, 6.07) is 8.29. The van der Waals surface area contributed by atoms with E-state index in [0.717, 1.165) is 29.8 Å². The van der Waals surface area contributed by atoms with Gasteiger partial charge in [-0.3, -0.25) is 9.69 Å². The fourth-order valence-corrected chi connectivity index (χ4v) is 2.65. The number of carbonyl (C=O) groups is 1. The molecule has 1 saturated heterocycles. The summed E-state index contributed by atoms with van der Waals surface area (Å²) in [6.45, 7) is 5.24. The van der Waals surface area contributed by atoms with Crippen molar-refractivity contribution in [3.8, 4) is 0 Å². The van der Waals surface area contributed by atoms with E-state index in [2.05, 4.69) is 33.1 Å². The molecule has 1 heterocycles. The van der Waals surface area contributed by atoms with Crippen LogP contribution in [0.4, 0.5) is 5.69 Å². The summed E-state index contributed by atoms with van der Waals surface area (Å²) >= 11 is 3.41. The molecule has 2 rings (SSSR count). The molecule has 1 fully saturated rings. The minimum atomic E-state index is 0.177. The average Bonchev–Trinajstić information content (AvgIpc) is 2.40. The highest BCUT2D eigenvalue weighted by molar-refractivity contribution is 9.10. The predicted molar refractivity (Wildman–Crippen MR) is 81.5 cm³/mol. The predicted octanol–water partition coefficient (Wildman–Crippen LogP) is 1.71. The lowest BCUT2D eigenvalue weighted by atomic mass is 10.2. The molecule has 0 aromatic heterocycles. The topological polar surface area (TPSA) is 35.6 Å². The van der Waals surface area contributed by atoms with E-state index in [0.29, 0.717) is 12.6 Å². The van der Waals surface area contributed by atoms with Crippen molar-refractivity contribution in [2.24, 2.45) is 0 Å². The SMILES string of the molecule is CNCC(C)N1CCN(c2ccc(Br)cc2)C(=O)C1. The van der Waals surface area contributed by atoms with Crippen molar-refractivity contribution in [1.82, 2.24) is 10.2 Å². The van der Waals surface area contributed by atoms with Crippen molar-refractivity contribution in [2.75, 3.05) is 38.1 Å². The van der Waals surface area contributed by atoms with Gasteiger partial charge in [0.25, 0.3) is 0 Å². The number of carbonyl (C=O) groups excluding carboxylic acids is 1.